The van der Waals surface area contributed by atoms with Gasteiger partial charge in [0.05, 0.1) is 10.9 Å². The molecule has 0 aliphatic carbocycles. The van der Waals surface area contributed by atoms with Crippen LogP contribution in [0.15, 0.2) is 11.0 Å². The summed E-state index contributed by atoms with van der Waals surface area (Å²) in [6, 6.07) is 1.31. The van der Waals surface area contributed by atoms with Gasteiger partial charge in [0, 0.05) is 0 Å². The number of H-pyrrole nitrogens is 1. The number of sulfonamides is 1. The van der Waals surface area contributed by atoms with E-state index in [1.54, 1.807) is 6.92 Å². The van der Waals surface area contributed by atoms with Crippen LogP contribution in [-0.4, -0.2) is 30.2 Å². The summed E-state index contributed by atoms with van der Waals surface area (Å²) in [5, 5.41) is 6.06. The molecule has 2 aromatic rings. The van der Waals surface area contributed by atoms with Gasteiger partial charge < -0.3 is 4.74 Å². The molecule has 0 atom stereocenters. The Morgan fingerprint density at radius 1 is 1.53 bits per heavy atom. The van der Waals surface area contributed by atoms with Gasteiger partial charge in [0.2, 0.25) is 5.95 Å². The Balaban J connectivity index is 2.23. The molecule has 0 bridgehead atoms. The lowest BCUT2D eigenvalue weighted by molar-refractivity contribution is 0.314. The maximum atomic E-state index is 12.0. The van der Waals surface area contributed by atoms with Gasteiger partial charge in [-0.3, -0.25) is 0 Å². The molecule has 2 rings (SSSR count). The van der Waals surface area contributed by atoms with Crippen molar-refractivity contribution in [2.24, 2.45) is 0 Å². The number of hydrogen-bond donors (Lipinski definition) is 2. The predicted octanol–water partition coefficient (Wildman–Crippen LogP) is 2.37. The van der Waals surface area contributed by atoms with Crippen LogP contribution in [0, 0.1) is 0 Å². The van der Waals surface area contributed by atoms with Crippen LogP contribution >= 0.6 is 34.5 Å². The third-order valence-electron chi connectivity index (χ3n) is 1.88. The highest BCUT2D eigenvalue weighted by atomic mass is 35.5. The molecule has 0 radical (unpaired) electrons. The smallest absolute Gasteiger partial charge is 0.337 e. The fourth-order valence-corrected chi connectivity index (χ4v) is 4.28. The zero-order chi connectivity index (χ0) is 14.0. The lowest BCUT2D eigenvalue weighted by atomic mass is 10.7. The maximum Gasteiger partial charge on any atom is 0.337 e. The van der Waals surface area contributed by atoms with Gasteiger partial charge in [-0.25, -0.2) is 18.2 Å². The molecule has 0 spiro atoms. The lowest BCUT2D eigenvalue weighted by Gasteiger charge is -2.02. The van der Waals surface area contributed by atoms with E-state index in [1.807, 2.05) is 0 Å². The fraction of sp³-hybridized carbons (Fsp3) is 0.250. The van der Waals surface area contributed by atoms with Crippen LogP contribution in [0.25, 0.3) is 0 Å². The van der Waals surface area contributed by atoms with Crippen molar-refractivity contribution in [2.45, 2.75) is 11.8 Å². The number of halogens is 2. The molecule has 0 saturated carbocycles. The second kappa shape index (κ2) is 5.53. The normalized spacial score (nSPS) is 11.5. The number of hydrogen-bond acceptors (Lipinski definition) is 6. The monoisotopic (exact) mass is 342 g/mol. The molecule has 0 aliphatic heterocycles. The quantitative estimate of drug-likeness (QED) is 0.869. The first-order valence-corrected chi connectivity index (χ1v) is 8.01. The highest BCUT2D eigenvalue weighted by molar-refractivity contribution is 7.93. The Bertz CT molecular complexity index is 682. The van der Waals surface area contributed by atoms with Crippen LogP contribution in [0.1, 0.15) is 6.92 Å². The van der Waals surface area contributed by atoms with Gasteiger partial charge in [-0.1, -0.05) is 23.2 Å². The van der Waals surface area contributed by atoms with E-state index in [-0.39, 0.29) is 25.5 Å². The van der Waals surface area contributed by atoms with Crippen molar-refractivity contribution in [3.63, 3.8) is 0 Å². The number of nitrogens with one attached hydrogen (secondary N) is 2. The van der Waals surface area contributed by atoms with Crippen LogP contribution in [-0.2, 0) is 10.0 Å². The van der Waals surface area contributed by atoms with Crippen LogP contribution in [0.2, 0.25) is 8.67 Å². The molecule has 0 amide bonds. The number of aromatic amines is 1. The average molecular weight is 343 g/mol. The van der Waals surface area contributed by atoms with Crippen molar-refractivity contribution in [3.8, 4) is 6.01 Å². The first-order valence-electron chi connectivity index (χ1n) is 4.95. The number of nitrogens with zero attached hydrogens (tertiary/aromatic N) is 2. The first-order chi connectivity index (χ1) is 8.92. The zero-order valence-corrected chi connectivity index (χ0v) is 12.6. The van der Waals surface area contributed by atoms with E-state index < -0.39 is 10.0 Å². The largest absolute Gasteiger partial charge is 0.463 e. The van der Waals surface area contributed by atoms with E-state index in [4.69, 9.17) is 27.9 Å². The fourth-order valence-electron chi connectivity index (χ4n) is 1.18. The molecular weight excluding hydrogens is 335 g/mol. The van der Waals surface area contributed by atoms with Gasteiger partial charge in [-0.15, -0.1) is 16.4 Å². The molecule has 0 saturated heterocycles. The molecule has 0 aromatic carbocycles. The number of rotatable bonds is 5. The van der Waals surface area contributed by atoms with Crippen molar-refractivity contribution in [1.82, 2.24) is 15.2 Å². The van der Waals surface area contributed by atoms with E-state index in [9.17, 15) is 8.42 Å². The molecule has 19 heavy (non-hydrogen) atoms. The van der Waals surface area contributed by atoms with Crippen molar-refractivity contribution < 1.29 is 13.2 Å². The minimum Gasteiger partial charge on any atom is -0.463 e. The second-order valence-electron chi connectivity index (χ2n) is 3.19. The van der Waals surface area contributed by atoms with Crippen molar-refractivity contribution >= 4 is 50.5 Å². The van der Waals surface area contributed by atoms with Gasteiger partial charge >= 0.3 is 6.01 Å². The van der Waals surface area contributed by atoms with Gasteiger partial charge in [0.1, 0.15) is 9.23 Å². The molecule has 2 heterocycles. The maximum absolute atomic E-state index is 12.0. The molecule has 11 heteroatoms. The van der Waals surface area contributed by atoms with E-state index in [0.717, 1.165) is 11.3 Å². The molecule has 2 aromatic heterocycles. The minimum absolute atomic E-state index is 0.0506. The number of thiophene rings is 1. The highest BCUT2D eigenvalue weighted by Gasteiger charge is 2.22. The molecule has 0 aliphatic rings. The summed E-state index contributed by atoms with van der Waals surface area (Å²) >= 11 is 12.5. The Morgan fingerprint density at radius 2 is 2.26 bits per heavy atom. The van der Waals surface area contributed by atoms with E-state index in [2.05, 4.69) is 19.9 Å². The van der Waals surface area contributed by atoms with Gasteiger partial charge in [-0.2, -0.15) is 4.98 Å². The molecular formula is C8H8Cl2N4O3S2. The summed E-state index contributed by atoms with van der Waals surface area (Å²) in [6.45, 7) is 2.13. The highest BCUT2D eigenvalue weighted by Crippen LogP contribution is 2.34. The second-order valence-corrected chi connectivity index (χ2v) is 7.13. The van der Waals surface area contributed by atoms with Gasteiger partial charge in [0.25, 0.3) is 10.0 Å². The minimum atomic E-state index is -3.87. The lowest BCUT2D eigenvalue weighted by Crippen LogP contribution is -2.13. The van der Waals surface area contributed by atoms with Crippen LogP contribution in [0.3, 0.4) is 0 Å². The molecule has 7 nitrogen and oxygen atoms in total. The van der Waals surface area contributed by atoms with Gasteiger partial charge in [-0.05, 0) is 13.0 Å². The summed E-state index contributed by atoms with van der Waals surface area (Å²) in [4.78, 5) is 3.68. The van der Waals surface area contributed by atoms with Crippen molar-refractivity contribution in [1.29, 1.82) is 0 Å². The summed E-state index contributed by atoms with van der Waals surface area (Å²) < 4.78 is 31.6. The SMILES string of the molecule is CCOc1n[nH]c(NS(=O)(=O)c2cc(Cl)sc2Cl)n1. The average Bonchev–Trinajstić information content (AvgIpc) is 2.86. The number of aromatic nitrogens is 3. The molecule has 0 fully saturated rings. The van der Waals surface area contributed by atoms with Crippen LogP contribution < -0.4 is 9.46 Å². The van der Waals surface area contributed by atoms with Crippen molar-refractivity contribution in [2.75, 3.05) is 11.3 Å². The van der Waals surface area contributed by atoms with Crippen molar-refractivity contribution in [3.05, 3.63) is 14.7 Å². The third-order valence-corrected chi connectivity index (χ3v) is 4.98. The topological polar surface area (TPSA) is 97.0 Å². The summed E-state index contributed by atoms with van der Waals surface area (Å²) in [5.74, 6) is -0.0677. The number of anilines is 1. The van der Waals surface area contributed by atoms with Gasteiger partial charge in [0.15, 0.2) is 0 Å². The van der Waals surface area contributed by atoms with E-state index in [0.29, 0.717) is 6.61 Å². The van der Waals surface area contributed by atoms with Crippen LogP contribution in [0.5, 0.6) is 6.01 Å². The standard InChI is InChI=1S/C8H8Cl2N4O3S2/c1-2-17-8-11-7(12-13-8)14-19(15,16)4-3-5(9)18-6(4)10/h3H,2H2,1H3,(H2,11,12,13,14). The number of ether oxygens (including phenoxy) is 1. The zero-order valence-electron chi connectivity index (χ0n) is 9.48. The molecule has 104 valence electrons. The van der Waals surface area contributed by atoms with E-state index in [1.165, 1.54) is 6.07 Å². The Labute approximate surface area is 123 Å². The molecule has 0 unspecified atom stereocenters. The summed E-state index contributed by atoms with van der Waals surface area (Å²) in [7, 11) is -3.87. The summed E-state index contributed by atoms with van der Waals surface area (Å²) in [6.07, 6.45) is 0. The Hall–Kier alpha value is -1.03. The van der Waals surface area contributed by atoms with E-state index >= 15 is 0 Å². The summed E-state index contributed by atoms with van der Waals surface area (Å²) in [5.41, 5.74) is 0. The predicted molar refractivity (Wildman–Crippen MR) is 72.7 cm³/mol. The first kappa shape index (κ1) is 14.4. The van der Waals surface area contributed by atoms with Crippen LogP contribution in [0.4, 0.5) is 5.95 Å². The Kier molecular flexibility index (Phi) is 4.19. The third kappa shape index (κ3) is 3.30. The molecule has 2 N–H and O–H groups in total. The Morgan fingerprint density at radius 3 is 2.84 bits per heavy atom.